The molecule has 1 aromatic heterocycles. The minimum Gasteiger partial charge on any atom is -0.461 e. The van der Waals surface area contributed by atoms with Crippen LogP contribution in [0.2, 0.25) is 0 Å². The molecule has 0 saturated carbocycles. The lowest BCUT2D eigenvalue weighted by molar-refractivity contribution is 0.0922. The summed E-state index contributed by atoms with van der Waals surface area (Å²) in [6.07, 6.45) is 1.44. The number of fused-ring (bicyclic) bond motifs is 1. The molecule has 0 saturated heterocycles. The third kappa shape index (κ3) is 3.12. The van der Waals surface area contributed by atoms with Crippen molar-refractivity contribution in [2.75, 3.05) is 18.5 Å². The zero-order chi connectivity index (χ0) is 19.7. The van der Waals surface area contributed by atoms with Gasteiger partial charge in [-0.15, -0.1) is 0 Å². The molecule has 0 amide bonds. The quantitative estimate of drug-likeness (QED) is 0.708. The molecule has 2 atom stereocenters. The van der Waals surface area contributed by atoms with Crippen LogP contribution in [0.4, 0.5) is 10.1 Å². The molecule has 1 aliphatic heterocycles. The van der Waals surface area contributed by atoms with Gasteiger partial charge in [-0.05, 0) is 30.3 Å². The molecule has 28 heavy (non-hydrogen) atoms. The van der Waals surface area contributed by atoms with Crippen molar-refractivity contribution < 1.29 is 13.6 Å². The summed E-state index contributed by atoms with van der Waals surface area (Å²) in [5.41, 5.74) is 8.95. The highest BCUT2D eigenvalue weighted by molar-refractivity contribution is 6.16. The largest absolute Gasteiger partial charge is 0.461 e. The Hall–Kier alpha value is -3.25. The molecule has 142 valence electrons. The molecule has 3 aromatic rings. The van der Waals surface area contributed by atoms with Gasteiger partial charge >= 0.3 is 0 Å². The van der Waals surface area contributed by atoms with E-state index in [4.69, 9.17) is 10.2 Å². The molecule has 0 spiro atoms. The van der Waals surface area contributed by atoms with Gasteiger partial charge in [0.25, 0.3) is 0 Å². The highest BCUT2D eigenvalue weighted by Crippen LogP contribution is 2.29. The smallest absolute Gasteiger partial charge is 0.216 e. The van der Waals surface area contributed by atoms with E-state index < -0.39 is 12.1 Å². The van der Waals surface area contributed by atoms with Crippen LogP contribution in [0.5, 0.6) is 0 Å². The van der Waals surface area contributed by atoms with E-state index in [2.05, 4.69) is 4.99 Å². The fourth-order valence-electron chi connectivity index (χ4n) is 3.55. The van der Waals surface area contributed by atoms with Crippen LogP contribution in [0.25, 0.3) is 0 Å². The summed E-state index contributed by atoms with van der Waals surface area (Å²) >= 11 is 0. The molecule has 0 bridgehead atoms. The Labute approximate surface area is 162 Å². The molecule has 1 aliphatic rings. The number of rotatable bonds is 4. The number of benzene rings is 2. The van der Waals surface area contributed by atoms with Crippen LogP contribution < -0.4 is 10.6 Å². The highest BCUT2D eigenvalue weighted by Gasteiger charge is 2.33. The summed E-state index contributed by atoms with van der Waals surface area (Å²) < 4.78 is 19.7. The second kappa shape index (κ2) is 7.40. The number of nitrogens with two attached hydrogens (primary N) is 1. The Balaban J connectivity index is 1.78. The van der Waals surface area contributed by atoms with E-state index in [1.807, 2.05) is 36.2 Å². The first-order valence-corrected chi connectivity index (χ1v) is 9.03. The fraction of sp³-hybridized carbons (Fsp3) is 0.182. The number of carbonyl (C=O) groups is 1. The van der Waals surface area contributed by atoms with Crippen molar-refractivity contribution >= 4 is 17.2 Å². The maximum atomic E-state index is 14.5. The molecule has 5 nitrogen and oxygen atoms in total. The van der Waals surface area contributed by atoms with Gasteiger partial charge in [0.15, 0.2) is 5.76 Å². The minimum atomic E-state index is -0.840. The SMILES string of the molecule is CN1c2ccccc2C(c2ccccc2F)=NCC1C(N)C(=O)c1ccco1. The van der Waals surface area contributed by atoms with Crippen LogP contribution in [0.3, 0.4) is 0 Å². The lowest BCUT2D eigenvalue weighted by atomic mass is 9.99. The van der Waals surface area contributed by atoms with Crippen molar-refractivity contribution in [1.29, 1.82) is 0 Å². The lowest BCUT2D eigenvalue weighted by Gasteiger charge is -2.31. The van der Waals surface area contributed by atoms with E-state index in [1.165, 1.54) is 12.3 Å². The predicted octanol–water partition coefficient (Wildman–Crippen LogP) is 3.28. The highest BCUT2D eigenvalue weighted by atomic mass is 19.1. The number of benzodiazepines with no additional fused rings is 1. The van der Waals surface area contributed by atoms with Crippen LogP contribution >= 0.6 is 0 Å². The summed E-state index contributed by atoms with van der Waals surface area (Å²) in [7, 11) is 1.87. The summed E-state index contributed by atoms with van der Waals surface area (Å²) in [6, 6.07) is 16.2. The molecule has 0 radical (unpaired) electrons. The zero-order valence-electron chi connectivity index (χ0n) is 15.4. The summed E-state index contributed by atoms with van der Waals surface area (Å²) in [5, 5.41) is 0. The van der Waals surface area contributed by atoms with Gasteiger partial charge in [0.2, 0.25) is 5.78 Å². The second-order valence-electron chi connectivity index (χ2n) is 6.73. The maximum absolute atomic E-state index is 14.5. The van der Waals surface area contributed by atoms with Gasteiger partial charge in [0, 0.05) is 23.9 Å². The number of ketones is 1. The van der Waals surface area contributed by atoms with E-state index in [-0.39, 0.29) is 23.9 Å². The first kappa shape index (κ1) is 18.1. The van der Waals surface area contributed by atoms with Crippen LogP contribution in [0, 0.1) is 5.82 Å². The van der Waals surface area contributed by atoms with Crippen LogP contribution in [0.15, 0.2) is 76.3 Å². The molecule has 0 fully saturated rings. The Bertz CT molecular complexity index is 1030. The van der Waals surface area contributed by atoms with Crippen molar-refractivity contribution in [3.05, 3.63) is 89.6 Å². The number of aliphatic imine (C=N–C) groups is 1. The van der Waals surface area contributed by atoms with Gasteiger partial charge in [0.1, 0.15) is 5.82 Å². The molecule has 2 aromatic carbocycles. The average molecular weight is 377 g/mol. The average Bonchev–Trinajstić information content (AvgIpc) is 3.21. The van der Waals surface area contributed by atoms with E-state index in [1.54, 1.807) is 30.3 Å². The number of furan rings is 1. The van der Waals surface area contributed by atoms with Gasteiger partial charge in [0.05, 0.1) is 30.6 Å². The van der Waals surface area contributed by atoms with Gasteiger partial charge in [-0.1, -0.05) is 30.3 Å². The van der Waals surface area contributed by atoms with Crippen molar-refractivity contribution in [2.45, 2.75) is 12.1 Å². The Morgan fingerprint density at radius 2 is 1.86 bits per heavy atom. The molecular formula is C22H20FN3O2. The molecular weight excluding hydrogens is 357 g/mol. The Morgan fingerprint density at radius 3 is 2.57 bits per heavy atom. The van der Waals surface area contributed by atoms with Crippen molar-refractivity contribution in [3.8, 4) is 0 Å². The number of anilines is 1. The number of halogens is 1. The van der Waals surface area contributed by atoms with Gasteiger partial charge in [-0.2, -0.15) is 0 Å². The van der Waals surface area contributed by atoms with Crippen LogP contribution in [-0.2, 0) is 0 Å². The molecule has 2 heterocycles. The summed E-state index contributed by atoms with van der Waals surface area (Å²) in [6.45, 7) is 0.252. The van der Waals surface area contributed by atoms with Crippen LogP contribution in [-0.4, -0.2) is 37.2 Å². The number of carbonyl (C=O) groups excluding carboxylic acids is 1. The van der Waals surface area contributed by atoms with Crippen LogP contribution in [0.1, 0.15) is 21.7 Å². The molecule has 0 aliphatic carbocycles. The molecule has 2 unspecified atom stereocenters. The first-order valence-electron chi connectivity index (χ1n) is 9.03. The second-order valence-corrected chi connectivity index (χ2v) is 6.73. The third-order valence-corrected chi connectivity index (χ3v) is 5.08. The lowest BCUT2D eigenvalue weighted by Crippen LogP contribution is -2.52. The number of hydrogen-bond donors (Lipinski definition) is 1. The predicted molar refractivity (Wildman–Crippen MR) is 107 cm³/mol. The molecule has 6 heteroatoms. The van der Waals surface area contributed by atoms with Crippen molar-refractivity contribution in [3.63, 3.8) is 0 Å². The Kier molecular flexibility index (Phi) is 4.79. The monoisotopic (exact) mass is 377 g/mol. The van der Waals surface area contributed by atoms with E-state index in [9.17, 15) is 9.18 Å². The first-order chi connectivity index (χ1) is 13.6. The van der Waals surface area contributed by atoms with Gasteiger partial charge in [-0.25, -0.2) is 4.39 Å². The van der Waals surface area contributed by atoms with Gasteiger partial charge < -0.3 is 15.1 Å². The summed E-state index contributed by atoms with van der Waals surface area (Å²) in [5.74, 6) is -0.409. The number of Topliss-reactive ketones (excluding diaryl/α,β-unsaturated/α-hetero) is 1. The number of nitrogens with zero attached hydrogens (tertiary/aromatic N) is 2. The van der Waals surface area contributed by atoms with E-state index in [0.717, 1.165) is 11.3 Å². The zero-order valence-corrected chi connectivity index (χ0v) is 15.4. The van der Waals surface area contributed by atoms with E-state index in [0.29, 0.717) is 11.3 Å². The minimum absolute atomic E-state index is 0.219. The summed E-state index contributed by atoms with van der Waals surface area (Å²) in [4.78, 5) is 19.4. The van der Waals surface area contributed by atoms with Crippen molar-refractivity contribution in [1.82, 2.24) is 0 Å². The Morgan fingerprint density at radius 1 is 1.14 bits per heavy atom. The number of para-hydroxylation sites is 1. The fourth-order valence-corrected chi connectivity index (χ4v) is 3.55. The van der Waals surface area contributed by atoms with E-state index >= 15 is 0 Å². The molecule has 4 rings (SSSR count). The standard InChI is InChI=1S/C22H20FN3O2/c1-26-17-10-5-3-8-15(17)21(14-7-2-4-9-16(14)23)25-13-18(26)20(24)22(27)19-11-6-12-28-19/h2-12,18,20H,13,24H2,1H3. The normalized spacial score (nSPS) is 17.5. The number of hydrogen-bond acceptors (Lipinski definition) is 5. The maximum Gasteiger partial charge on any atom is 0.216 e. The number of likely N-dealkylation sites (N-methyl/N-ethyl adjacent to an activating group) is 1. The molecule has 2 N–H and O–H groups in total. The topological polar surface area (TPSA) is 71.8 Å². The van der Waals surface area contributed by atoms with Crippen molar-refractivity contribution in [2.24, 2.45) is 10.7 Å². The third-order valence-electron chi connectivity index (χ3n) is 5.08. The van der Waals surface area contributed by atoms with Gasteiger partial charge in [-0.3, -0.25) is 9.79 Å².